The van der Waals surface area contributed by atoms with Crippen molar-refractivity contribution in [2.24, 2.45) is 5.92 Å². The van der Waals surface area contributed by atoms with Crippen LogP contribution in [0.15, 0.2) is 10.5 Å². The predicted molar refractivity (Wildman–Crippen MR) is 62.6 cm³/mol. The molecule has 0 amide bonds. The van der Waals surface area contributed by atoms with Crippen LogP contribution < -0.4 is 57.0 Å². The van der Waals surface area contributed by atoms with Gasteiger partial charge in [0.2, 0.25) is 0 Å². The first-order chi connectivity index (χ1) is 7.80. The normalized spacial score (nSPS) is 23.7. The van der Waals surface area contributed by atoms with Crippen LogP contribution in [-0.4, -0.2) is 6.98 Å². The summed E-state index contributed by atoms with van der Waals surface area (Å²) in [6, 6.07) is 1.22. The molecule has 0 N–H and O–H groups in total. The minimum atomic E-state index is -5.02. The molecule has 0 saturated heterocycles. The third-order valence-electron chi connectivity index (χ3n) is 3.72. The molecule has 0 fully saturated rings. The van der Waals surface area contributed by atoms with E-state index in [9.17, 15) is 12.9 Å². The summed E-state index contributed by atoms with van der Waals surface area (Å²) in [4.78, 5) is 0. The summed E-state index contributed by atoms with van der Waals surface area (Å²) in [7, 11) is 0. The summed E-state index contributed by atoms with van der Waals surface area (Å²) in [5, 5.41) is 0. The van der Waals surface area contributed by atoms with Crippen LogP contribution in [0.2, 0.25) is 0 Å². The van der Waals surface area contributed by atoms with Gasteiger partial charge >= 0.3 is 58.4 Å². The first kappa shape index (κ1) is 16.8. The van der Waals surface area contributed by atoms with E-state index in [1.54, 1.807) is 0 Å². The van der Waals surface area contributed by atoms with Gasteiger partial charge in [0.15, 0.2) is 0 Å². The van der Waals surface area contributed by atoms with Gasteiger partial charge in [0.1, 0.15) is 5.76 Å². The molecule has 0 aliphatic heterocycles. The SMILES string of the molecule is CC(C)[C@@H]1CC[C@@H](C)c2cc([B-](F)(F)F)oc21.[K+]. The van der Waals surface area contributed by atoms with E-state index in [0.717, 1.165) is 18.4 Å². The van der Waals surface area contributed by atoms with Crippen molar-refractivity contribution in [3.8, 4) is 0 Å². The molecule has 1 heterocycles. The Morgan fingerprint density at radius 3 is 2.39 bits per heavy atom. The topological polar surface area (TPSA) is 13.1 Å². The minimum absolute atomic E-state index is 0. The predicted octanol–water partition coefficient (Wildman–Crippen LogP) is 0.975. The van der Waals surface area contributed by atoms with Gasteiger partial charge in [-0.15, -0.1) is 0 Å². The smallest absolute Gasteiger partial charge is 0.497 e. The Kier molecular flexibility index (Phi) is 5.64. The molecule has 0 radical (unpaired) electrons. The van der Waals surface area contributed by atoms with Crippen LogP contribution in [0, 0.1) is 5.92 Å². The number of hydrogen-bond acceptors (Lipinski definition) is 1. The fraction of sp³-hybridized carbons (Fsp3) is 0.667. The summed E-state index contributed by atoms with van der Waals surface area (Å²) in [5.41, 5.74) is -0.0152. The second kappa shape index (κ2) is 6.04. The number of rotatable bonds is 2. The summed E-state index contributed by atoms with van der Waals surface area (Å²) in [5.74, 6) is 1.21. The third kappa shape index (κ3) is 3.26. The van der Waals surface area contributed by atoms with Gasteiger partial charge in [0, 0.05) is 11.6 Å². The molecule has 96 valence electrons. The first-order valence-electron chi connectivity index (χ1n) is 6.14. The average Bonchev–Trinajstić information content (AvgIpc) is 2.62. The molecule has 1 aliphatic rings. The molecule has 0 saturated carbocycles. The Morgan fingerprint density at radius 2 is 1.89 bits per heavy atom. The van der Waals surface area contributed by atoms with E-state index in [0.29, 0.717) is 11.7 Å². The maximum Gasteiger partial charge on any atom is 1.00 e. The van der Waals surface area contributed by atoms with Crippen LogP contribution in [0.25, 0.3) is 0 Å². The molecular formula is C12H17BF3KO. The summed E-state index contributed by atoms with van der Waals surface area (Å²) >= 11 is 0. The van der Waals surface area contributed by atoms with E-state index in [1.165, 1.54) is 6.07 Å². The molecule has 6 heteroatoms. The van der Waals surface area contributed by atoms with Gasteiger partial charge in [-0.25, -0.2) is 0 Å². The van der Waals surface area contributed by atoms with Crippen LogP contribution in [0.4, 0.5) is 12.9 Å². The Morgan fingerprint density at radius 1 is 1.28 bits per heavy atom. The van der Waals surface area contributed by atoms with Gasteiger partial charge in [-0.2, -0.15) is 0 Å². The standard InChI is InChI=1S/C12H17BF3O.K/c1-7(2)9-5-4-8(3)10-6-11(13(14,15)16)17-12(9)10;/h6-9H,4-5H2,1-3H3;/q-1;+1/t8-,9+;/m1./s1. The molecule has 1 aromatic heterocycles. The van der Waals surface area contributed by atoms with E-state index >= 15 is 0 Å². The van der Waals surface area contributed by atoms with Gasteiger partial charge in [-0.1, -0.05) is 20.8 Å². The molecule has 2 rings (SSSR count). The first-order valence-corrected chi connectivity index (χ1v) is 6.14. The molecule has 0 bridgehead atoms. The van der Waals surface area contributed by atoms with Crippen molar-refractivity contribution >= 4 is 12.6 Å². The van der Waals surface area contributed by atoms with Crippen LogP contribution in [0.3, 0.4) is 0 Å². The largest absolute Gasteiger partial charge is 1.00 e. The summed E-state index contributed by atoms with van der Waals surface area (Å²) in [6.45, 7) is 1.02. The van der Waals surface area contributed by atoms with Crippen molar-refractivity contribution in [3.63, 3.8) is 0 Å². The molecule has 0 aromatic carbocycles. The zero-order valence-electron chi connectivity index (χ0n) is 11.3. The van der Waals surface area contributed by atoms with Crippen LogP contribution >= 0.6 is 0 Å². The van der Waals surface area contributed by atoms with Crippen molar-refractivity contribution in [1.82, 2.24) is 0 Å². The van der Waals surface area contributed by atoms with Crippen LogP contribution in [0.1, 0.15) is 56.8 Å². The Labute approximate surface area is 148 Å². The maximum atomic E-state index is 12.7. The van der Waals surface area contributed by atoms with Crippen LogP contribution in [-0.2, 0) is 0 Å². The third-order valence-corrected chi connectivity index (χ3v) is 3.72. The monoisotopic (exact) mass is 284 g/mol. The van der Waals surface area contributed by atoms with Crippen molar-refractivity contribution in [2.45, 2.75) is 45.4 Å². The van der Waals surface area contributed by atoms with Gasteiger partial charge in [-0.05, 0) is 36.3 Å². The molecule has 0 spiro atoms. The van der Waals surface area contributed by atoms with E-state index in [4.69, 9.17) is 4.42 Å². The number of fused-ring (bicyclic) bond motifs is 1. The number of halogens is 3. The number of hydrogen-bond donors (Lipinski definition) is 0. The molecule has 1 nitrogen and oxygen atoms in total. The van der Waals surface area contributed by atoms with Crippen molar-refractivity contribution < 1.29 is 68.7 Å². The zero-order chi connectivity index (χ0) is 12.8. The van der Waals surface area contributed by atoms with Crippen molar-refractivity contribution in [3.05, 3.63) is 17.4 Å². The van der Waals surface area contributed by atoms with Crippen molar-refractivity contribution in [2.75, 3.05) is 0 Å². The summed E-state index contributed by atoms with van der Waals surface area (Å²) < 4.78 is 43.2. The molecule has 18 heavy (non-hydrogen) atoms. The van der Waals surface area contributed by atoms with E-state index in [1.807, 2.05) is 20.8 Å². The van der Waals surface area contributed by atoms with Gasteiger partial charge in [-0.3, -0.25) is 0 Å². The fourth-order valence-electron chi connectivity index (χ4n) is 2.63. The van der Waals surface area contributed by atoms with E-state index < -0.39 is 12.6 Å². The molecule has 1 aromatic rings. The second-order valence-corrected chi connectivity index (χ2v) is 5.37. The Hall–Kier alpha value is 0.771. The van der Waals surface area contributed by atoms with E-state index in [-0.39, 0.29) is 63.2 Å². The molecule has 0 unspecified atom stereocenters. The summed E-state index contributed by atoms with van der Waals surface area (Å²) in [6.07, 6.45) is 1.86. The Balaban J connectivity index is 0.00000162. The quantitative estimate of drug-likeness (QED) is 0.738. The van der Waals surface area contributed by atoms with Crippen LogP contribution in [0.5, 0.6) is 0 Å². The number of furan rings is 1. The minimum Gasteiger partial charge on any atom is -0.497 e. The zero-order valence-corrected chi connectivity index (χ0v) is 14.5. The van der Waals surface area contributed by atoms with E-state index in [2.05, 4.69) is 0 Å². The fourth-order valence-corrected chi connectivity index (χ4v) is 2.63. The van der Waals surface area contributed by atoms with Gasteiger partial charge in [0.05, 0.1) is 0 Å². The Bertz CT molecular complexity index is 414. The van der Waals surface area contributed by atoms with Crippen molar-refractivity contribution in [1.29, 1.82) is 0 Å². The molecule has 1 aliphatic carbocycles. The molecule has 2 atom stereocenters. The van der Waals surface area contributed by atoms with Gasteiger partial charge in [0.25, 0.3) is 0 Å². The maximum absolute atomic E-state index is 12.7. The average molecular weight is 284 g/mol. The second-order valence-electron chi connectivity index (χ2n) is 5.37. The molecular weight excluding hydrogens is 267 g/mol. The van der Waals surface area contributed by atoms with Gasteiger partial charge < -0.3 is 17.4 Å².